The molecule has 2 bridgehead atoms. The third kappa shape index (κ3) is 1.59. The zero-order valence-corrected chi connectivity index (χ0v) is 9.87. The Hall–Kier alpha value is -1.57. The van der Waals surface area contributed by atoms with Gasteiger partial charge in [-0.25, -0.2) is 0 Å². The number of hydrogen-bond donors (Lipinski definition) is 0. The van der Waals surface area contributed by atoms with E-state index < -0.39 is 0 Å². The minimum absolute atomic E-state index is 0.0115. The molecule has 0 radical (unpaired) electrons. The van der Waals surface area contributed by atoms with Crippen LogP contribution in [-0.4, -0.2) is 13.1 Å². The van der Waals surface area contributed by atoms with Gasteiger partial charge in [0.25, 0.3) is 0 Å². The molecule has 2 aliphatic carbocycles. The molecule has 0 aromatic heterocycles. The molecule has 17 heavy (non-hydrogen) atoms. The first-order valence-corrected chi connectivity index (χ1v) is 6.12. The monoisotopic (exact) mass is 228 g/mol. The fourth-order valence-electron chi connectivity index (χ4n) is 3.41. The Morgan fingerprint density at radius 1 is 1.18 bits per heavy atom. The van der Waals surface area contributed by atoms with Gasteiger partial charge in [0.1, 0.15) is 0 Å². The number of methoxy groups -OCH3 is 1. The summed E-state index contributed by atoms with van der Waals surface area (Å²) in [5.41, 5.74) is 1.26. The van der Waals surface area contributed by atoms with Gasteiger partial charge < -0.3 is 4.74 Å². The quantitative estimate of drug-likeness (QED) is 0.574. The maximum Gasteiger partial charge on any atom is 0.309 e. The van der Waals surface area contributed by atoms with Crippen LogP contribution in [0.3, 0.4) is 0 Å². The lowest BCUT2D eigenvalue weighted by Crippen LogP contribution is -2.27. The van der Waals surface area contributed by atoms with Crippen LogP contribution in [0.5, 0.6) is 0 Å². The lowest BCUT2D eigenvalue weighted by molar-refractivity contribution is -0.146. The van der Waals surface area contributed by atoms with Crippen molar-refractivity contribution in [3.05, 3.63) is 48.0 Å². The summed E-state index contributed by atoms with van der Waals surface area (Å²) in [5.74, 6) is 1.14. The molecule has 2 nitrogen and oxygen atoms in total. The summed E-state index contributed by atoms with van der Waals surface area (Å²) in [4.78, 5) is 11.9. The van der Waals surface area contributed by atoms with E-state index in [9.17, 15) is 4.79 Å². The van der Waals surface area contributed by atoms with E-state index in [0.717, 1.165) is 6.42 Å². The molecular formula is C15H16O2. The van der Waals surface area contributed by atoms with Gasteiger partial charge in [0.2, 0.25) is 0 Å². The number of ether oxygens (including phenoxy) is 1. The van der Waals surface area contributed by atoms with Crippen LogP contribution in [0.1, 0.15) is 17.9 Å². The molecule has 0 aliphatic heterocycles. The van der Waals surface area contributed by atoms with Gasteiger partial charge in [0, 0.05) is 5.92 Å². The Kier molecular flexibility index (Phi) is 2.50. The highest BCUT2D eigenvalue weighted by molar-refractivity contribution is 5.75. The first kappa shape index (κ1) is 10.6. The van der Waals surface area contributed by atoms with Crippen LogP contribution >= 0.6 is 0 Å². The van der Waals surface area contributed by atoms with Gasteiger partial charge in [-0.05, 0) is 23.8 Å². The fraction of sp³-hybridized carbons (Fsp3) is 0.400. The number of allylic oxidation sites excluding steroid dienone is 2. The molecule has 0 amide bonds. The zero-order chi connectivity index (χ0) is 11.8. The SMILES string of the molecule is COC(=O)[C@H]1C2C=CC(C2)[C@@H]1c1ccccc1. The predicted molar refractivity (Wildman–Crippen MR) is 65.4 cm³/mol. The highest BCUT2D eigenvalue weighted by Gasteiger charge is 2.49. The molecule has 1 aromatic carbocycles. The minimum atomic E-state index is -0.0595. The third-order valence-electron chi connectivity index (χ3n) is 4.12. The van der Waals surface area contributed by atoms with Crippen LogP contribution in [0.25, 0.3) is 0 Å². The molecule has 1 saturated carbocycles. The summed E-state index contributed by atoms with van der Waals surface area (Å²) in [6, 6.07) is 10.3. The Morgan fingerprint density at radius 2 is 1.88 bits per heavy atom. The average Bonchev–Trinajstić information content (AvgIpc) is 2.99. The highest BCUT2D eigenvalue weighted by atomic mass is 16.5. The predicted octanol–water partition coefficient (Wildman–Crippen LogP) is 2.77. The van der Waals surface area contributed by atoms with Gasteiger partial charge in [-0.3, -0.25) is 4.79 Å². The van der Waals surface area contributed by atoms with Crippen molar-refractivity contribution in [3.8, 4) is 0 Å². The van der Waals surface area contributed by atoms with Crippen molar-refractivity contribution in [2.75, 3.05) is 7.11 Å². The number of fused-ring (bicyclic) bond motifs is 2. The number of carbonyl (C=O) groups is 1. The van der Waals surface area contributed by atoms with Crippen molar-refractivity contribution in [2.24, 2.45) is 17.8 Å². The molecule has 2 unspecified atom stereocenters. The Morgan fingerprint density at radius 3 is 2.59 bits per heavy atom. The summed E-state index contributed by atoms with van der Waals surface area (Å²) < 4.78 is 4.97. The molecule has 2 heteroatoms. The number of carbonyl (C=O) groups excluding carboxylic acids is 1. The lowest BCUT2D eigenvalue weighted by Gasteiger charge is -2.26. The van der Waals surface area contributed by atoms with E-state index in [1.807, 2.05) is 18.2 Å². The molecule has 1 aromatic rings. The van der Waals surface area contributed by atoms with Gasteiger partial charge in [0.05, 0.1) is 13.0 Å². The summed E-state index contributed by atoms with van der Waals surface area (Å²) >= 11 is 0. The van der Waals surface area contributed by atoms with Gasteiger partial charge in [-0.2, -0.15) is 0 Å². The van der Waals surface area contributed by atoms with Crippen molar-refractivity contribution in [3.63, 3.8) is 0 Å². The Labute approximate surface area is 101 Å². The molecule has 4 atom stereocenters. The molecular weight excluding hydrogens is 212 g/mol. The van der Waals surface area contributed by atoms with Crippen molar-refractivity contribution >= 4 is 5.97 Å². The normalized spacial score (nSPS) is 33.9. The maximum atomic E-state index is 11.9. The second-order valence-corrected chi connectivity index (χ2v) is 4.93. The van der Waals surface area contributed by atoms with E-state index in [1.54, 1.807) is 0 Å². The van der Waals surface area contributed by atoms with Crippen molar-refractivity contribution in [1.82, 2.24) is 0 Å². The number of hydrogen-bond acceptors (Lipinski definition) is 2. The smallest absolute Gasteiger partial charge is 0.309 e. The molecule has 3 rings (SSSR count). The average molecular weight is 228 g/mol. The Bertz CT molecular complexity index is 449. The minimum Gasteiger partial charge on any atom is -0.469 e. The van der Waals surface area contributed by atoms with Crippen molar-refractivity contribution in [1.29, 1.82) is 0 Å². The molecule has 0 saturated heterocycles. The van der Waals surface area contributed by atoms with E-state index in [1.165, 1.54) is 12.7 Å². The Balaban J connectivity index is 1.97. The standard InChI is InChI=1S/C15H16O2/c1-17-15(16)14-12-8-7-11(9-12)13(14)10-5-3-2-4-6-10/h2-8,11-14H,9H2,1H3/t11?,12?,13-,14-/m0/s1. The number of benzene rings is 1. The largest absolute Gasteiger partial charge is 0.469 e. The molecule has 2 aliphatic rings. The van der Waals surface area contributed by atoms with E-state index >= 15 is 0 Å². The van der Waals surface area contributed by atoms with Gasteiger partial charge in [-0.15, -0.1) is 0 Å². The van der Waals surface area contributed by atoms with Crippen LogP contribution < -0.4 is 0 Å². The second kappa shape index (κ2) is 4.02. The molecule has 0 spiro atoms. The van der Waals surface area contributed by atoms with Crippen molar-refractivity contribution < 1.29 is 9.53 Å². The second-order valence-electron chi connectivity index (χ2n) is 4.93. The van der Waals surface area contributed by atoms with E-state index in [2.05, 4.69) is 24.3 Å². The van der Waals surface area contributed by atoms with E-state index in [-0.39, 0.29) is 11.9 Å². The fourth-order valence-corrected chi connectivity index (χ4v) is 3.41. The van der Waals surface area contributed by atoms with Crippen molar-refractivity contribution in [2.45, 2.75) is 12.3 Å². The molecule has 1 fully saturated rings. The van der Waals surface area contributed by atoms with Gasteiger partial charge >= 0.3 is 5.97 Å². The van der Waals surface area contributed by atoms with Crippen LogP contribution in [0.15, 0.2) is 42.5 Å². The van der Waals surface area contributed by atoms with Crippen LogP contribution in [-0.2, 0) is 9.53 Å². The summed E-state index contributed by atoms with van der Waals surface area (Å²) in [6.45, 7) is 0. The van der Waals surface area contributed by atoms with Gasteiger partial charge in [-0.1, -0.05) is 42.5 Å². The van der Waals surface area contributed by atoms with E-state index in [0.29, 0.717) is 17.8 Å². The molecule has 88 valence electrons. The number of esters is 1. The zero-order valence-electron chi connectivity index (χ0n) is 9.87. The highest BCUT2D eigenvalue weighted by Crippen LogP contribution is 2.53. The number of rotatable bonds is 2. The third-order valence-corrected chi connectivity index (χ3v) is 4.12. The summed E-state index contributed by atoms with van der Waals surface area (Å²) in [7, 11) is 1.49. The molecule has 0 heterocycles. The summed E-state index contributed by atoms with van der Waals surface area (Å²) in [5, 5.41) is 0. The van der Waals surface area contributed by atoms with E-state index in [4.69, 9.17) is 4.74 Å². The lowest BCUT2D eigenvalue weighted by atomic mass is 9.78. The molecule has 0 N–H and O–H groups in total. The first-order chi connectivity index (χ1) is 8.31. The van der Waals surface area contributed by atoms with Crippen LogP contribution in [0, 0.1) is 17.8 Å². The topological polar surface area (TPSA) is 26.3 Å². The summed E-state index contributed by atoms with van der Waals surface area (Å²) in [6.07, 6.45) is 5.55. The van der Waals surface area contributed by atoms with Crippen LogP contribution in [0.2, 0.25) is 0 Å². The van der Waals surface area contributed by atoms with Gasteiger partial charge in [0.15, 0.2) is 0 Å². The first-order valence-electron chi connectivity index (χ1n) is 6.12. The maximum absolute atomic E-state index is 11.9. The van der Waals surface area contributed by atoms with Crippen LogP contribution in [0.4, 0.5) is 0 Å².